The van der Waals surface area contributed by atoms with E-state index in [1.165, 1.54) is 0 Å². The minimum absolute atomic E-state index is 0.137. The summed E-state index contributed by atoms with van der Waals surface area (Å²) in [7, 11) is 0. The summed E-state index contributed by atoms with van der Waals surface area (Å²) >= 11 is 12.1. The molecule has 1 N–H and O–H groups in total. The van der Waals surface area contributed by atoms with Gasteiger partial charge in [0.15, 0.2) is 0 Å². The van der Waals surface area contributed by atoms with Crippen LogP contribution in [0.2, 0.25) is 10.0 Å². The zero-order chi connectivity index (χ0) is 13.4. The van der Waals surface area contributed by atoms with E-state index in [-0.39, 0.29) is 5.92 Å². The highest BCUT2D eigenvalue weighted by atomic mass is 35.5. The Hall–Kier alpha value is -1.51. The molecule has 0 radical (unpaired) electrons. The Morgan fingerprint density at radius 2 is 1.74 bits per heavy atom. The van der Waals surface area contributed by atoms with Gasteiger partial charge >= 0.3 is 0 Å². The van der Waals surface area contributed by atoms with Crippen LogP contribution < -0.4 is 0 Å². The van der Waals surface area contributed by atoms with E-state index in [0.717, 1.165) is 16.7 Å². The Balaban J connectivity index is 2.13. The Bertz CT molecular complexity index is 647. The molecule has 0 saturated heterocycles. The predicted molar refractivity (Wildman–Crippen MR) is 77.7 cm³/mol. The van der Waals surface area contributed by atoms with Gasteiger partial charge in [-0.25, -0.2) is 0 Å². The van der Waals surface area contributed by atoms with Gasteiger partial charge in [-0.2, -0.15) is 0 Å². The maximum atomic E-state index is 9.12. The van der Waals surface area contributed by atoms with E-state index < -0.39 is 0 Å². The number of benzene rings is 2. The average molecular weight is 292 g/mol. The molecule has 3 rings (SSSR count). The summed E-state index contributed by atoms with van der Waals surface area (Å²) in [5.41, 5.74) is 3.89. The van der Waals surface area contributed by atoms with Crippen molar-refractivity contribution in [2.75, 3.05) is 0 Å². The molecule has 0 saturated carbocycles. The molecule has 0 aliphatic heterocycles. The molecule has 0 heterocycles. The van der Waals surface area contributed by atoms with Crippen LogP contribution in [0.5, 0.6) is 0 Å². The first-order valence-electron chi connectivity index (χ1n) is 5.95. The van der Waals surface area contributed by atoms with Crippen molar-refractivity contribution in [3.05, 3.63) is 69.2 Å². The molecule has 2 aromatic carbocycles. The first kappa shape index (κ1) is 12.5. The van der Waals surface area contributed by atoms with E-state index in [4.69, 9.17) is 28.4 Å². The molecule has 1 aliphatic carbocycles. The van der Waals surface area contributed by atoms with Gasteiger partial charge in [-0.1, -0.05) is 52.6 Å². The fraction of sp³-hybridized carbons (Fsp3) is 0.133. The topological polar surface area (TPSA) is 32.6 Å². The normalized spacial score (nSPS) is 19.7. The maximum absolute atomic E-state index is 9.12. The molecular weight excluding hydrogens is 281 g/mol. The van der Waals surface area contributed by atoms with Crippen LogP contribution in [0.25, 0.3) is 0 Å². The molecular formula is C15H11Cl2NO. The summed E-state index contributed by atoms with van der Waals surface area (Å²) in [6.07, 6.45) is 0.659. The smallest absolute Gasteiger partial charge is 0.0880 e. The van der Waals surface area contributed by atoms with Crippen molar-refractivity contribution in [3.63, 3.8) is 0 Å². The summed E-state index contributed by atoms with van der Waals surface area (Å²) in [4.78, 5) is 0. The monoisotopic (exact) mass is 291 g/mol. The van der Waals surface area contributed by atoms with Crippen molar-refractivity contribution in [2.45, 2.75) is 12.3 Å². The van der Waals surface area contributed by atoms with Gasteiger partial charge in [0, 0.05) is 27.9 Å². The SMILES string of the molecule is O/N=C1/CC(c2cc(Cl)cc(Cl)c2)c2ccccc21. The van der Waals surface area contributed by atoms with E-state index in [9.17, 15) is 0 Å². The van der Waals surface area contributed by atoms with Crippen LogP contribution in [0.1, 0.15) is 29.0 Å². The van der Waals surface area contributed by atoms with Crippen molar-refractivity contribution in [3.8, 4) is 0 Å². The van der Waals surface area contributed by atoms with Crippen LogP contribution in [0.15, 0.2) is 47.6 Å². The Morgan fingerprint density at radius 1 is 1.05 bits per heavy atom. The lowest BCUT2D eigenvalue weighted by atomic mass is 9.93. The molecule has 1 unspecified atom stereocenters. The van der Waals surface area contributed by atoms with E-state index in [2.05, 4.69) is 5.16 Å². The van der Waals surface area contributed by atoms with Gasteiger partial charge in [0.05, 0.1) is 5.71 Å². The fourth-order valence-electron chi connectivity index (χ4n) is 2.65. The lowest BCUT2D eigenvalue weighted by Crippen LogP contribution is -1.97. The minimum atomic E-state index is 0.137. The number of oxime groups is 1. The number of hydrogen-bond donors (Lipinski definition) is 1. The lowest BCUT2D eigenvalue weighted by Gasteiger charge is -2.12. The molecule has 96 valence electrons. The molecule has 0 fully saturated rings. The number of hydrogen-bond acceptors (Lipinski definition) is 2. The summed E-state index contributed by atoms with van der Waals surface area (Å²) in [6.45, 7) is 0. The second-order valence-corrected chi connectivity index (χ2v) is 5.47. The maximum Gasteiger partial charge on any atom is 0.0880 e. The fourth-order valence-corrected chi connectivity index (χ4v) is 3.19. The molecule has 0 spiro atoms. The molecule has 0 bridgehead atoms. The van der Waals surface area contributed by atoms with Gasteiger partial charge in [-0.15, -0.1) is 0 Å². The van der Waals surface area contributed by atoms with Crippen LogP contribution in [-0.4, -0.2) is 10.9 Å². The lowest BCUT2D eigenvalue weighted by molar-refractivity contribution is 0.318. The Labute approximate surface area is 121 Å². The van der Waals surface area contributed by atoms with Crippen molar-refractivity contribution >= 4 is 28.9 Å². The van der Waals surface area contributed by atoms with Crippen LogP contribution >= 0.6 is 23.2 Å². The van der Waals surface area contributed by atoms with E-state index >= 15 is 0 Å². The first-order valence-corrected chi connectivity index (χ1v) is 6.71. The number of rotatable bonds is 1. The summed E-state index contributed by atoms with van der Waals surface area (Å²) < 4.78 is 0. The zero-order valence-corrected chi connectivity index (χ0v) is 11.5. The van der Waals surface area contributed by atoms with E-state index in [0.29, 0.717) is 22.2 Å². The molecule has 19 heavy (non-hydrogen) atoms. The first-order chi connectivity index (χ1) is 9.19. The Morgan fingerprint density at radius 3 is 2.42 bits per heavy atom. The highest BCUT2D eigenvalue weighted by Gasteiger charge is 2.29. The largest absolute Gasteiger partial charge is 0.411 e. The third-order valence-corrected chi connectivity index (χ3v) is 3.89. The summed E-state index contributed by atoms with van der Waals surface area (Å²) in [5, 5.41) is 13.8. The third kappa shape index (κ3) is 2.22. The average Bonchev–Trinajstić information content (AvgIpc) is 2.76. The minimum Gasteiger partial charge on any atom is -0.411 e. The molecule has 1 atom stereocenters. The van der Waals surface area contributed by atoms with E-state index in [1.54, 1.807) is 6.07 Å². The van der Waals surface area contributed by atoms with Crippen molar-refractivity contribution in [1.29, 1.82) is 0 Å². The van der Waals surface area contributed by atoms with Crippen molar-refractivity contribution in [2.24, 2.45) is 5.16 Å². The van der Waals surface area contributed by atoms with Crippen LogP contribution in [0.3, 0.4) is 0 Å². The van der Waals surface area contributed by atoms with Gasteiger partial charge in [0.2, 0.25) is 0 Å². The number of nitrogens with zero attached hydrogens (tertiary/aromatic N) is 1. The van der Waals surface area contributed by atoms with E-state index in [1.807, 2.05) is 36.4 Å². The molecule has 0 aromatic heterocycles. The van der Waals surface area contributed by atoms with Crippen molar-refractivity contribution in [1.82, 2.24) is 0 Å². The quantitative estimate of drug-likeness (QED) is 0.599. The van der Waals surface area contributed by atoms with Crippen LogP contribution in [0, 0.1) is 0 Å². The second-order valence-electron chi connectivity index (χ2n) is 4.59. The Kier molecular flexibility index (Phi) is 3.21. The van der Waals surface area contributed by atoms with Crippen molar-refractivity contribution < 1.29 is 5.21 Å². The van der Waals surface area contributed by atoms with Crippen LogP contribution in [0.4, 0.5) is 0 Å². The zero-order valence-electron chi connectivity index (χ0n) is 9.98. The molecule has 4 heteroatoms. The van der Waals surface area contributed by atoms with Gasteiger partial charge in [0.1, 0.15) is 0 Å². The third-order valence-electron chi connectivity index (χ3n) is 3.45. The van der Waals surface area contributed by atoms with Gasteiger partial charge in [-0.3, -0.25) is 0 Å². The summed E-state index contributed by atoms with van der Waals surface area (Å²) in [6, 6.07) is 13.5. The predicted octanol–water partition coefficient (Wildman–Crippen LogP) is 4.71. The highest BCUT2D eigenvalue weighted by Crippen LogP contribution is 2.39. The van der Waals surface area contributed by atoms with Gasteiger partial charge in [0.25, 0.3) is 0 Å². The number of halogens is 2. The standard InChI is InChI=1S/C15H11Cl2NO/c16-10-5-9(6-11(17)7-10)14-8-15(18-19)13-4-2-1-3-12(13)14/h1-7,14,19H,8H2/b18-15-. The highest BCUT2D eigenvalue weighted by molar-refractivity contribution is 6.34. The molecule has 2 nitrogen and oxygen atoms in total. The number of fused-ring (bicyclic) bond motifs is 1. The molecule has 0 amide bonds. The summed E-state index contributed by atoms with van der Waals surface area (Å²) in [5.74, 6) is 0.137. The molecule has 1 aliphatic rings. The van der Waals surface area contributed by atoms with Gasteiger partial charge in [-0.05, 0) is 29.3 Å². The van der Waals surface area contributed by atoms with Gasteiger partial charge < -0.3 is 5.21 Å². The second kappa shape index (κ2) is 4.87. The molecule has 2 aromatic rings. The van der Waals surface area contributed by atoms with Crippen LogP contribution in [-0.2, 0) is 0 Å².